The molecule has 5 heteroatoms. The van der Waals surface area contributed by atoms with Crippen LogP contribution in [0.4, 0.5) is 0 Å². The van der Waals surface area contributed by atoms with E-state index in [2.05, 4.69) is 60.2 Å². The van der Waals surface area contributed by atoms with Gasteiger partial charge in [-0.2, -0.15) is 0 Å². The number of methoxy groups -OCH3 is 1. The minimum absolute atomic E-state index is 0.233. The van der Waals surface area contributed by atoms with Crippen LogP contribution in [0.25, 0.3) is 22.2 Å². The quantitative estimate of drug-likeness (QED) is 0.677. The lowest BCUT2D eigenvalue weighted by atomic mass is 10.0. The van der Waals surface area contributed by atoms with Gasteiger partial charge in [-0.15, -0.1) is 0 Å². The average molecular weight is 406 g/mol. The molecular weight excluding hydrogens is 374 g/mol. The summed E-state index contributed by atoms with van der Waals surface area (Å²) in [5.41, 5.74) is 5.63. The van der Waals surface area contributed by atoms with E-state index in [4.69, 9.17) is 9.72 Å². The van der Waals surface area contributed by atoms with E-state index in [0.29, 0.717) is 6.04 Å². The predicted octanol–water partition coefficient (Wildman–Crippen LogP) is 3.72. The molecule has 0 spiro atoms. The van der Waals surface area contributed by atoms with Crippen molar-refractivity contribution in [3.8, 4) is 17.0 Å². The standard InChI is InChI=1S/C25H31N3O2/c1-18-4-5-20-15-21(16-28-12-11-27(2)22(17-28)10-13-29)25(26-24(20)14-18)19-6-8-23(30-3)9-7-19/h4-9,14-15,22,29H,10-13,16-17H2,1-3H3/t22-/m1/s1. The number of fused-ring (bicyclic) bond motifs is 1. The molecule has 0 bridgehead atoms. The van der Waals surface area contributed by atoms with Crippen molar-refractivity contribution in [2.75, 3.05) is 40.4 Å². The molecule has 1 N–H and O–H groups in total. The highest BCUT2D eigenvalue weighted by Gasteiger charge is 2.24. The van der Waals surface area contributed by atoms with Gasteiger partial charge in [0.1, 0.15) is 5.75 Å². The first kappa shape index (κ1) is 20.8. The minimum atomic E-state index is 0.233. The van der Waals surface area contributed by atoms with Gasteiger partial charge in [0.15, 0.2) is 0 Å². The number of rotatable bonds is 6. The summed E-state index contributed by atoms with van der Waals surface area (Å²) in [5.74, 6) is 0.850. The Morgan fingerprint density at radius 1 is 1.10 bits per heavy atom. The Morgan fingerprint density at radius 3 is 2.63 bits per heavy atom. The number of likely N-dealkylation sites (N-methyl/N-ethyl adjacent to an activating group) is 1. The van der Waals surface area contributed by atoms with Gasteiger partial charge in [-0.1, -0.05) is 12.1 Å². The highest BCUT2D eigenvalue weighted by Crippen LogP contribution is 2.29. The number of benzene rings is 2. The Labute approximate surface area is 178 Å². The lowest BCUT2D eigenvalue weighted by Gasteiger charge is -2.39. The first-order valence-electron chi connectivity index (χ1n) is 10.7. The summed E-state index contributed by atoms with van der Waals surface area (Å²) in [4.78, 5) is 9.93. The first-order chi connectivity index (χ1) is 14.6. The summed E-state index contributed by atoms with van der Waals surface area (Å²) in [6.07, 6.45) is 0.813. The van der Waals surface area contributed by atoms with Gasteiger partial charge in [0.05, 0.1) is 18.3 Å². The van der Waals surface area contributed by atoms with Crippen LogP contribution in [0, 0.1) is 6.92 Å². The lowest BCUT2D eigenvalue weighted by molar-refractivity contribution is 0.0744. The smallest absolute Gasteiger partial charge is 0.118 e. The molecule has 0 unspecified atom stereocenters. The maximum Gasteiger partial charge on any atom is 0.118 e. The third kappa shape index (κ3) is 4.48. The third-order valence-corrected chi connectivity index (χ3v) is 6.13. The number of aliphatic hydroxyl groups excluding tert-OH is 1. The summed E-state index contributed by atoms with van der Waals surface area (Å²) in [6.45, 7) is 6.19. The molecule has 0 aliphatic carbocycles. The van der Waals surface area contributed by atoms with Crippen LogP contribution in [0.1, 0.15) is 17.5 Å². The fourth-order valence-electron chi connectivity index (χ4n) is 4.30. The molecular formula is C25H31N3O2. The second kappa shape index (κ2) is 9.13. The number of pyridine rings is 1. The van der Waals surface area contributed by atoms with Crippen molar-refractivity contribution in [3.63, 3.8) is 0 Å². The molecule has 1 aliphatic heterocycles. The van der Waals surface area contributed by atoms with Gasteiger partial charge in [-0.05, 0) is 67.9 Å². The first-order valence-corrected chi connectivity index (χ1v) is 10.7. The molecule has 1 aliphatic rings. The molecule has 0 radical (unpaired) electrons. The van der Waals surface area contributed by atoms with E-state index in [1.54, 1.807) is 7.11 Å². The number of hydrogen-bond acceptors (Lipinski definition) is 5. The Bertz CT molecular complexity index is 1000. The third-order valence-electron chi connectivity index (χ3n) is 6.13. The van der Waals surface area contributed by atoms with Crippen molar-refractivity contribution in [3.05, 3.63) is 59.7 Å². The molecule has 3 aromatic rings. The van der Waals surface area contributed by atoms with Crippen molar-refractivity contribution in [1.29, 1.82) is 0 Å². The van der Waals surface area contributed by atoms with E-state index in [0.717, 1.165) is 55.1 Å². The molecule has 0 amide bonds. The fraction of sp³-hybridized carbons (Fsp3) is 0.400. The number of piperazine rings is 1. The molecule has 2 heterocycles. The molecule has 5 nitrogen and oxygen atoms in total. The van der Waals surface area contributed by atoms with Gasteiger partial charge in [0.2, 0.25) is 0 Å². The van der Waals surface area contributed by atoms with Gasteiger partial charge in [0.25, 0.3) is 0 Å². The van der Waals surface area contributed by atoms with Crippen LogP contribution in [0.15, 0.2) is 48.5 Å². The number of hydrogen-bond donors (Lipinski definition) is 1. The summed E-state index contributed by atoms with van der Waals surface area (Å²) in [6, 6.07) is 17.3. The van der Waals surface area contributed by atoms with Crippen LogP contribution in [-0.4, -0.2) is 66.3 Å². The van der Waals surface area contributed by atoms with E-state index in [9.17, 15) is 5.11 Å². The van der Waals surface area contributed by atoms with Gasteiger partial charge in [-0.25, -0.2) is 4.98 Å². The number of aromatic nitrogens is 1. The van der Waals surface area contributed by atoms with E-state index in [-0.39, 0.29) is 6.61 Å². The highest BCUT2D eigenvalue weighted by atomic mass is 16.5. The van der Waals surface area contributed by atoms with Crippen LogP contribution in [0.2, 0.25) is 0 Å². The van der Waals surface area contributed by atoms with Crippen LogP contribution >= 0.6 is 0 Å². The zero-order chi connectivity index (χ0) is 21.1. The van der Waals surface area contributed by atoms with Gasteiger partial charge < -0.3 is 14.7 Å². The van der Waals surface area contributed by atoms with Crippen LogP contribution in [-0.2, 0) is 6.54 Å². The predicted molar refractivity (Wildman–Crippen MR) is 122 cm³/mol. The normalized spacial score (nSPS) is 18.1. The largest absolute Gasteiger partial charge is 0.497 e. The molecule has 2 aromatic carbocycles. The Kier molecular flexibility index (Phi) is 6.32. The second-order valence-corrected chi connectivity index (χ2v) is 8.30. The van der Waals surface area contributed by atoms with Crippen molar-refractivity contribution in [2.24, 2.45) is 0 Å². The Morgan fingerprint density at radius 2 is 1.90 bits per heavy atom. The molecule has 30 heavy (non-hydrogen) atoms. The van der Waals surface area contributed by atoms with Gasteiger partial charge in [0, 0.05) is 49.8 Å². The van der Waals surface area contributed by atoms with Gasteiger partial charge >= 0.3 is 0 Å². The Hall–Kier alpha value is -2.47. The zero-order valence-corrected chi connectivity index (χ0v) is 18.1. The number of aryl methyl sites for hydroxylation is 1. The topological polar surface area (TPSA) is 48.8 Å². The van der Waals surface area contributed by atoms with Crippen LogP contribution in [0.5, 0.6) is 5.75 Å². The summed E-state index contributed by atoms with van der Waals surface area (Å²) in [5, 5.41) is 10.6. The van der Waals surface area contributed by atoms with Crippen molar-refractivity contribution in [2.45, 2.75) is 25.9 Å². The highest BCUT2D eigenvalue weighted by molar-refractivity contribution is 5.84. The maximum atomic E-state index is 9.42. The van der Waals surface area contributed by atoms with Crippen molar-refractivity contribution < 1.29 is 9.84 Å². The van der Waals surface area contributed by atoms with Crippen molar-refractivity contribution >= 4 is 10.9 Å². The number of nitrogens with zero attached hydrogens (tertiary/aromatic N) is 3. The molecule has 158 valence electrons. The average Bonchev–Trinajstić information content (AvgIpc) is 2.76. The van der Waals surface area contributed by atoms with Crippen LogP contribution < -0.4 is 4.74 Å². The van der Waals surface area contributed by atoms with E-state index >= 15 is 0 Å². The maximum absolute atomic E-state index is 9.42. The molecule has 1 fully saturated rings. The fourth-order valence-corrected chi connectivity index (χ4v) is 4.30. The second-order valence-electron chi connectivity index (χ2n) is 8.30. The monoisotopic (exact) mass is 405 g/mol. The van der Waals surface area contributed by atoms with Crippen LogP contribution in [0.3, 0.4) is 0 Å². The summed E-state index contributed by atoms with van der Waals surface area (Å²) in [7, 11) is 3.84. The molecule has 1 aromatic heterocycles. The lowest BCUT2D eigenvalue weighted by Crippen LogP contribution is -2.51. The zero-order valence-electron chi connectivity index (χ0n) is 18.1. The molecule has 1 atom stereocenters. The Balaban J connectivity index is 1.70. The molecule has 4 rings (SSSR count). The van der Waals surface area contributed by atoms with Gasteiger partial charge in [-0.3, -0.25) is 4.90 Å². The van der Waals surface area contributed by atoms with E-state index < -0.39 is 0 Å². The molecule has 1 saturated heterocycles. The minimum Gasteiger partial charge on any atom is -0.497 e. The van der Waals surface area contributed by atoms with Crippen molar-refractivity contribution in [1.82, 2.24) is 14.8 Å². The summed E-state index contributed by atoms with van der Waals surface area (Å²) >= 11 is 0. The summed E-state index contributed by atoms with van der Waals surface area (Å²) < 4.78 is 5.33. The SMILES string of the molecule is COc1ccc(-c2nc3cc(C)ccc3cc2CN2CCN(C)[C@H](CCO)C2)cc1. The van der Waals surface area contributed by atoms with E-state index in [1.165, 1.54) is 16.5 Å². The molecule has 0 saturated carbocycles. The number of ether oxygens (including phenoxy) is 1. The van der Waals surface area contributed by atoms with E-state index in [1.807, 2.05) is 12.1 Å². The number of aliphatic hydroxyl groups is 1.